The van der Waals surface area contributed by atoms with Gasteiger partial charge in [0.05, 0.1) is 19.7 Å². The summed E-state index contributed by atoms with van der Waals surface area (Å²) in [4.78, 5) is 12.2. The zero-order valence-electron chi connectivity index (χ0n) is 8.91. The molecule has 6 heteroatoms. The lowest BCUT2D eigenvalue weighted by Crippen LogP contribution is -1.93. The van der Waals surface area contributed by atoms with E-state index in [1.165, 1.54) is 11.9 Å². The molecule has 16 heavy (non-hydrogen) atoms. The highest BCUT2D eigenvalue weighted by Crippen LogP contribution is 2.22. The summed E-state index contributed by atoms with van der Waals surface area (Å²) in [6, 6.07) is 5.15. The number of carbonyl (C=O) groups excluding carboxylic acids is 1. The van der Waals surface area contributed by atoms with Crippen molar-refractivity contribution in [3.63, 3.8) is 0 Å². The van der Waals surface area contributed by atoms with Crippen LogP contribution in [0.3, 0.4) is 0 Å². The third-order valence-corrected chi connectivity index (χ3v) is 2.12. The van der Waals surface area contributed by atoms with Gasteiger partial charge in [0.2, 0.25) is 5.82 Å². The van der Waals surface area contributed by atoms with Crippen LogP contribution in [0.15, 0.2) is 18.2 Å². The topological polar surface area (TPSA) is 69.9 Å². The molecule has 0 N–H and O–H groups in total. The van der Waals surface area contributed by atoms with Crippen molar-refractivity contribution in [1.29, 1.82) is 0 Å². The van der Waals surface area contributed by atoms with Gasteiger partial charge >= 0.3 is 0 Å². The highest BCUT2D eigenvalue weighted by atomic mass is 16.5. The zero-order chi connectivity index (χ0) is 11.5. The van der Waals surface area contributed by atoms with Gasteiger partial charge in [-0.2, -0.15) is 4.80 Å². The number of aromatic nitrogens is 4. The second-order valence-corrected chi connectivity index (χ2v) is 3.18. The highest BCUT2D eigenvalue weighted by molar-refractivity contribution is 5.82. The predicted molar refractivity (Wildman–Crippen MR) is 56.2 cm³/mol. The van der Waals surface area contributed by atoms with Gasteiger partial charge in [-0.25, -0.2) is 0 Å². The SMILES string of the molecule is COc1ccc(-c2nnn(C)n2)cc1C=O. The summed E-state index contributed by atoms with van der Waals surface area (Å²) in [5.41, 5.74) is 1.20. The Bertz CT molecular complexity index is 521. The van der Waals surface area contributed by atoms with Gasteiger partial charge in [-0.3, -0.25) is 4.79 Å². The minimum atomic E-state index is 0.465. The minimum Gasteiger partial charge on any atom is -0.496 e. The van der Waals surface area contributed by atoms with E-state index in [-0.39, 0.29) is 0 Å². The average Bonchev–Trinajstić information content (AvgIpc) is 2.75. The Morgan fingerprint density at radius 2 is 2.25 bits per heavy atom. The Labute approximate surface area is 91.8 Å². The molecule has 0 radical (unpaired) electrons. The first-order valence-electron chi connectivity index (χ1n) is 4.62. The van der Waals surface area contributed by atoms with Gasteiger partial charge in [0.1, 0.15) is 5.75 Å². The fourth-order valence-corrected chi connectivity index (χ4v) is 1.37. The fourth-order valence-electron chi connectivity index (χ4n) is 1.37. The summed E-state index contributed by atoms with van der Waals surface area (Å²) in [6.45, 7) is 0. The zero-order valence-corrected chi connectivity index (χ0v) is 8.91. The standard InChI is InChI=1S/C10H10N4O2/c1-14-12-10(11-13-14)7-3-4-9(16-2)8(5-7)6-15/h3-6H,1-2H3. The maximum atomic E-state index is 10.8. The molecule has 0 saturated carbocycles. The molecule has 1 heterocycles. The summed E-state index contributed by atoms with van der Waals surface area (Å²) in [5, 5.41) is 11.6. The van der Waals surface area contributed by atoms with Crippen molar-refractivity contribution in [1.82, 2.24) is 20.2 Å². The molecule has 0 atom stereocenters. The van der Waals surface area contributed by atoms with Crippen molar-refractivity contribution in [3.8, 4) is 17.1 Å². The van der Waals surface area contributed by atoms with E-state index in [2.05, 4.69) is 15.4 Å². The van der Waals surface area contributed by atoms with E-state index in [1.54, 1.807) is 25.2 Å². The van der Waals surface area contributed by atoms with Crippen LogP contribution in [0.25, 0.3) is 11.4 Å². The maximum absolute atomic E-state index is 10.8. The number of hydrogen-bond donors (Lipinski definition) is 0. The third-order valence-electron chi connectivity index (χ3n) is 2.12. The summed E-state index contributed by atoms with van der Waals surface area (Å²) >= 11 is 0. The first-order chi connectivity index (χ1) is 7.74. The molecule has 0 bridgehead atoms. The van der Waals surface area contributed by atoms with E-state index >= 15 is 0 Å². The second kappa shape index (κ2) is 4.09. The molecule has 82 valence electrons. The number of aldehydes is 1. The van der Waals surface area contributed by atoms with E-state index in [1.807, 2.05) is 0 Å². The van der Waals surface area contributed by atoms with Crippen LogP contribution in [0, 0.1) is 0 Å². The predicted octanol–water partition coefficient (Wildman–Crippen LogP) is 0.698. The van der Waals surface area contributed by atoms with Crippen molar-refractivity contribution in [3.05, 3.63) is 23.8 Å². The number of methoxy groups -OCH3 is 1. The summed E-state index contributed by atoms with van der Waals surface area (Å²) in [5.74, 6) is 1.01. The molecule has 2 aromatic rings. The van der Waals surface area contributed by atoms with E-state index in [0.717, 1.165) is 11.8 Å². The third kappa shape index (κ3) is 1.77. The number of aryl methyl sites for hydroxylation is 1. The van der Waals surface area contributed by atoms with Crippen LogP contribution < -0.4 is 4.74 Å². The molecule has 6 nitrogen and oxygen atoms in total. The van der Waals surface area contributed by atoms with E-state index < -0.39 is 0 Å². The quantitative estimate of drug-likeness (QED) is 0.709. The molecular formula is C10H10N4O2. The van der Waals surface area contributed by atoms with Crippen LogP contribution in [-0.2, 0) is 7.05 Å². The normalized spacial score (nSPS) is 10.1. The molecule has 0 aliphatic rings. The molecule has 2 rings (SSSR count). The van der Waals surface area contributed by atoms with E-state index in [9.17, 15) is 4.79 Å². The average molecular weight is 218 g/mol. The summed E-state index contributed by atoms with van der Waals surface area (Å²) in [6.07, 6.45) is 0.735. The lowest BCUT2D eigenvalue weighted by molar-refractivity contribution is 0.112. The van der Waals surface area contributed by atoms with Crippen molar-refractivity contribution < 1.29 is 9.53 Å². The van der Waals surface area contributed by atoms with Gasteiger partial charge in [-0.15, -0.1) is 10.2 Å². The van der Waals surface area contributed by atoms with Crippen molar-refractivity contribution in [2.45, 2.75) is 0 Å². The van der Waals surface area contributed by atoms with Crippen LogP contribution >= 0.6 is 0 Å². The van der Waals surface area contributed by atoms with Gasteiger partial charge in [0.15, 0.2) is 6.29 Å². The Morgan fingerprint density at radius 3 is 2.81 bits per heavy atom. The van der Waals surface area contributed by atoms with E-state index in [4.69, 9.17) is 4.74 Å². The molecule has 0 saturated heterocycles. The number of rotatable bonds is 3. The monoisotopic (exact) mass is 218 g/mol. The molecule has 0 unspecified atom stereocenters. The van der Waals surface area contributed by atoms with Crippen LogP contribution in [0.1, 0.15) is 10.4 Å². The summed E-state index contributed by atoms with van der Waals surface area (Å²) < 4.78 is 5.04. The van der Waals surface area contributed by atoms with Crippen LogP contribution in [0.4, 0.5) is 0 Å². The van der Waals surface area contributed by atoms with Gasteiger partial charge in [0.25, 0.3) is 0 Å². The van der Waals surface area contributed by atoms with Gasteiger partial charge in [-0.1, -0.05) is 0 Å². The second-order valence-electron chi connectivity index (χ2n) is 3.18. The number of nitrogens with zero attached hydrogens (tertiary/aromatic N) is 4. The largest absolute Gasteiger partial charge is 0.496 e. The van der Waals surface area contributed by atoms with E-state index in [0.29, 0.717) is 17.1 Å². The number of benzene rings is 1. The molecule has 0 spiro atoms. The highest BCUT2D eigenvalue weighted by Gasteiger charge is 2.08. The maximum Gasteiger partial charge on any atom is 0.204 e. The molecule has 1 aromatic heterocycles. The fraction of sp³-hybridized carbons (Fsp3) is 0.200. The molecule has 0 aliphatic carbocycles. The Hall–Kier alpha value is -2.24. The summed E-state index contributed by atoms with van der Waals surface area (Å²) in [7, 11) is 3.20. The first-order valence-corrected chi connectivity index (χ1v) is 4.62. The van der Waals surface area contributed by atoms with Crippen molar-refractivity contribution in [2.75, 3.05) is 7.11 Å². The Balaban J connectivity index is 2.47. The molecule has 0 aliphatic heterocycles. The minimum absolute atomic E-state index is 0.465. The van der Waals surface area contributed by atoms with Crippen molar-refractivity contribution in [2.24, 2.45) is 7.05 Å². The molecule has 0 amide bonds. The van der Waals surface area contributed by atoms with Crippen molar-refractivity contribution >= 4 is 6.29 Å². The molecule has 1 aromatic carbocycles. The number of hydrogen-bond acceptors (Lipinski definition) is 5. The molecular weight excluding hydrogens is 208 g/mol. The van der Waals surface area contributed by atoms with Gasteiger partial charge in [0, 0.05) is 5.56 Å². The van der Waals surface area contributed by atoms with Gasteiger partial charge in [-0.05, 0) is 23.4 Å². The first kappa shape index (κ1) is 10.3. The lowest BCUT2D eigenvalue weighted by atomic mass is 10.1. The lowest BCUT2D eigenvalue weighted by Gasteiger charge is -2.03. The van der Waals surface area contributed by atoms with Crippen LogP contribution in [-0.4, -0.2) is 33.6 Å². The Morgan fingerprint density at radius 1 is 1.44 bits per heavy atom. The number of tetrazole rings is 1. The van der Waals surface area contributed by atoms with Crippen LogP contribution in [0.2, 0.25) is 0 Å². The number of ether oxygens (including phenoxy) is 1. The van der Waals surface area contributed by atoms with Crippen LogP contribution in [0.5, 0.6) is 5.75 Å². The Kier molecular flexibility index (Phi) is 2.63. The molecule has 0 fully saturated rings. The number of carbonyl (C=O) groups is 1. The smallest absolute Gasteiger partial charge is 0.204 e. The van der Waals surface area contributed by atoms with Gasteiger partial charge < -0.3 is 4.74 Å².